The van der Waals surface area contributed by atoms with Crippen molar-refractivity contribution in [1.82, 2.24) is 25.0 Å². The average molecular weight is 378 g/mol. The van der Waals surface area contributed by atoms with Gasteiger partial charge in [-0.15, -0.1) is 0 Å². The quantitative estimate of drug-likeness (QED) is 0.728. The first-order valence-corrected chi connectivity index (χ1v) is 9.20. The van der Waals surface area contributed by atoms with E-state index in [0.717, 1.165) is 16.8 Å². The number of nitrogens with zero attached hydrogens (tertiary/aromatic N) is 5. The van der Waals surface area contributed by atoms with Crippen LogP contribution >= 0.6 is 0 Å². The summed E-state index contributed by atoms with van der Waals surface area (Å²) < 4.78 is 5.35. The van der Waals surface area contributed by atoms with Crippen molar-refractivity contribution in [3.8, 4) is 11.6 Å². The van der Waals surface area contributed by atoms with E-state index >= 15 is 0 Å². The minimum absolute atomic E-state index is 0.0163. The van der Waals surface area contributed by atoms with Gasteiger partial charge in [-0.25, -0.2) is 9.97 Å². The molecule has 2 aromatic heterocycles. The second-order valence-corrected chi connectivity index (χ2v) is 7.24. The summed E-state index contributed by atoms with van der Waals surface area (Å²) in [6, 6.07) is 5.89. The standard InChI is InChI=1S/C20H22N6O2/c1-12-7-13(2)17(14(3)8-12)23-16(27)11-26-9-15(10-26)20-24-19(25-28-20)18-21-5-4-6-22-18/h4-8,15H,9-11H2,1-3H3,(H,23,27). The van der Waals surface area contributed by atoms with Crippen molar-refractivity contribution in [2.45, 2.75) is 26.7 Å². The number of carbonyl (C=O) groups excluding carboxylic acids is 1. The van der Waals surface area contributed by atoms with Crippen LogP contribution in [0.2, 0.25) is 0 Å². The average Bonchev–Trinajstić information content (AvgIpc) is 3.11. The summed E-state index contributed by atoms with van der Waals surface area (Å²) in [6.07, 6.45) is 3.28. The Morgan fingerprint density at radius 3 is 2.50 bits per heavy atom. The Morgan fingerprint density at radius 2 is 1.82 bits per heavy atom. The zero-order chi connectivity index (χ0) is 19.7. The molecule has 1 amide bonds. The molecule has 28 heavy (non-hydrogen) atoms. The first kappa shape index (κ1) is 18.2. The first-order valence-electron chi connectivity index (χ1n) is 9.20. The fraction of sp³-hybridized carbons (Fsp3) is 0.350. The summed E-state index contributed by atoms with van der Waals surface area (Å²) in [5.41, 5.74) is 4.25. The van der Waals surface area contributed by atoms with Crippen LogP contribution in [0.5, 0.6) is 0 Å². The number of benzene rings is 1. The van der Waals surface area contributed by atoms with E-state index in [-0.39, 0.29) is 11.8 Å². The number of nitrogens with one attached hydrogen (secondary N) is 1. The SMILES string of the molecule is Cc1cc(C)c(NC(=O)CN2CC(c3nc(-c4ncccn4)no3)C2)c(C)c1. The highest BCUT2D eigenvalue weighted by Gasteiger charge is 2.34. The highest BCUT2D eigenvalue weighted by molar-refractivity contribution is 5.93. The lowest BCUT2D eigenvalue weighted by Gasteiger charge is -2.36. The van der Waals surface area contributed by atoms with Crippen molar-refractivity contribution in [2.24, 2.45) is 0 Å². The van der Waals surface area contributed by atoms with E-state index in [0.29, 0.717) is 37.2 Å². The van der Waals surface area contributed by atoms with Crippen LogP contribution in [-0.2, 0) is 4.79 Å². The lowest BCUT2D eigenvalue weighted by atomic mass is 10.00. The van der Waals surface area contributed by atoms with E-state index in [1.807, 2.05) is 13.8 Å². The zero-order valence-electron chi connectivity index (χ0n) is 16.1. The van der Waals surface area contributed by atoms with E-state index in [4.69, 9.17) is 4.52 Å². The van der Waals surface area contributed by atoms with Gasteiger partial charge >= 0.3 is 0 Å². The van der Waals surface area contributed by atoms with E-state index in [9.17, 15) is 4.79 Å². The monoisotopic (exact) mass is 378 g/mol. The van der Waals surface area contributed by atoms with Gasteiger partial charge in [-0.05, 0) is 38.0 Å². The van der Waals surface area contributed by atoms with Gasteiger partial charge in [0.25, 0.3) is 0 Å². The summed E-state index contributed by atoms with van der Waals surface area (Å²) in [5, 5.41) is 6.99. The van der Waals surface area contributed by atoms with Gasteiger partial charge < -0.3 is 9.84 Å². The number of aryl methyl sites for hydroxylation is 3. The topological polar surface area (TPSA) is 97.0 Å². The molecule has 1 N–H and O–H groups in total. The first-order chi connectivity index (χ1) is 13.5. The molecule has 0 unspecified atom stereocenters. The van der Waals surface area contributed by atoms with Crippen LogP contribution in [-0.4, -0.2) is 50.5 Å². The molecular formula is C20H22N6O2. The molecular weight excluding hydrogens is 356 g/mol. The summed E-state index contributed by atoms with van der Waals surface area (Å²) in [5.74, 6) is 1.50. The molecule has 0 bridgehead atoms. The number of carbonyl (C=O) groups is 1. The Kier molecular flexibility index (Phi) is 4.87. The minimum atomic E-state index is -0.0163. The fourth-order valence-corrected chi connectivity index (χ4v) is 3.52. The van der Waals surface area contributed by atoms with E-state index in [1.54, 1.807) is 18.5 Å². The molecule has 3 heterocycles. The molecule has 1 aromatic carbocycles. The number of hydrogen-bond acceptors (Lipinski definition) is 7. The molecule has 1 aliphatic heterocycles. The van der Waals surface area contributed by atoms with Crippen LogP contribution in [0.1, 0.15) is 28.5 Å². The molecule has 4 rings (SSSR count). The fourth-order valence-electron chi connectivity index (χ4n) is 3.52. The van der Waals surface area contributed by atoms with Crippen molar-refractivity contribution in [3.63, 3.8) is 0 Å². The Balaban J connectivity index is 1.31. The van der Waals surface area contributed by atoms with Crippen molar-refractivity contribution in [2.75, 3.05) is 25.0 Å². The van der Waals surface area contributed by atoms with E-state index in [2.05, 4.69) is 49.4 Å². The third-order valence-electron chi connectivity index (χ3n) is 4.82. The summed E-state index contributed by atoms with van der Waals surface area (Å²) in [4.78, 5) is 27.1. The largest absolute Gasteiger partial charge is 0.338 e. The molecule has 1 fully saturated rings. The number of rotatable bonds is 5. The predicted octanol–water partition coefficient (Wildman–Crippen LogP) is 2.49. The summed E-state index contributed by atoms with van der Waals surface area (Å²) in [7, 11) is 0. The Bertz CT molecular complexity index is 972. The second kappa shape index (κ2) is 7.47. The minimum Gasteiger partial charge on any atom is -0.338 e. The van der Waals surface area contributed by atoms with Crippen molar-refractivity contribution < 1.29 is 9.32 Å². The Hall–Kier alpha value is -3.13. The van der Waals surface area contributed by atoms with Crippen LogP contribution in [0, 0.1) is 20.8 Å². The van der Waals surface area contributed by atoms with Crippen LogP contribution in [0.4, 0.5) is 5.69 Å². The van der Waals surface area contributed by atoms with Crippen LogP contribution in [0.3, 0.4) is 0 Å². The van der Waals surface area contributed by atoms with Gasteiger partial charge in [0.2, 0.25) is 23.4 Å². The highest BCUT2D eigenvalue weighted by Crippen LogP contribution is 2.27. The van der Waals surface area contributed by atoms with E-state index in [1.165, 1.54) is 5.56 Å². The van der Waals surface area contributed by atoms with Gasteiger partial charge in [0.15, 0.2) is 0 Å². The van der Waals surface area contributed by atoms with Crippen LogP contribution in [0.15, 0.2) is 35.1 Å². The zero-order valence-corrected chi connectivity index (χ0v) is 16.1. The maximum Gasteiger partial charge on any atom is 0.240 e. The number of anilines is 1. The van der Waals surface area contributed by atoms with Crippen molar-refractivity contribution in [3.05, 3.63) is 53.2 Å². The van der Waals surface area contributed by atoms with Gasteiger partial charge in [-0.2, -0.15) is 4.98 Å². The number of hydrogen-bond donors (Lipinski definition) is 1. The molecule has 8 nitrogen and oxygen atoms in total. The normalized spacial score (nSPS) is 14.7. The van der Waals surface area contributed by atoms with Crippen LogP contribution in [0.25, 0.3) is 11.6 Å². The summed E-state index contributed by atoms with van der Waals surface area (Å²) >= 11 is 0. The number of amides is 1. The Morgan fingerprint density at radius 1 is 1.14 bits per heavy atom. The van der Waals surface area contributed by atoms with Gasteiger partial charge in [0, 0.05) is 31.2 Å². The van der Waals surface area contributed by atoms with Crippen molar-refractivity contribution in [1.29, 1.82) is 0 Å². The van der Waals surface area contributed by atoms with Crippen molar-refractivity contribution >= 4 is 11.6 Å². The maximum absolute atomic E-state index is 12.4. The lowest BCUT2D eigenvalue weighted by molar-refractivity contribution is -0.118. The smallest absolute Gasteiger partial charge is 0.240 e. The number of likely N-dealkylation sites (tertiary alicyclic amines) is 1. The molecule has 144 valence electrons. The third-order valence-corrected chi connectivity index (χ3v) is 4.82. The maximum atomic E-state index is 12.4. The molecule has 0 saturated carbocycles. The molecule has 8 heteroatoms. The molecule has 0 aliphatic carbocycles. The van der Waals surface area contributed by atoms with Gasteiger partial charge in [0.05, 0.1) is 12.5 Å². The second-order valence-electron chi connectivity index (χ2n) is 7.24. The Labute approximate surface area is 163 Å². The van der Waals surface area contributed by atoms with E-state index < -0.39 is 0 Å². The predicted molar refractivity (Wildman–Crippen MR) is 104 cm³/mol. The lowest BCUT2D eigenvalue weighted by Crippen LogP contribution is -2.48. The third kappa shape index (κ3) is 3.77. The van der Waals surface area contributed by atoms with Crippen LogP contribution < -0.4 is 5.32 Å². The van der Waals surface area contributed by atoms with Gasteiger partial charge in [-0.1, -0.05) is 22.9 Å². The molecule has 3 aromatic rings. The summed E-state index contributed by atoms with van der Waals surface area (Å²) in [6.45, 7) is 7.83. The van der Waals surface area contributed by atoms with Gasteiger partial charge in [0.1, 0.15) is 0 Å². The molecule has 1 saturated heterocycles. The molecule has 1 aliphatic rings. The highest BCUT2D eigenvalue weighted by atomic mass is 16.5. The van der Waals surface area contributed by atoms with Gasteiger partial charge in [-0.3, -0.25) is 9.69 Å². The molecule has 0 atom stereocenters. The molecule has 0 spiro atoms. The molecule has 0 radical (unpaired) electrons. The number of aromatic nitrogens is 4.